The van der Waals surface area contributed by atoms with Gasteiger partial charge in [0.15, 0.2) is 11.6 Å². The van der Waals surface area contributed by atoms with Gasteiger partial charge in [-0.05, 0) is 26.0 Å². The van der Waals surface area contributed by atoms with Gasteiger partial charge in [-0.3, -0.25) is 4.79 Å². The van der Waals surface area contributed by atoms with Crippen molar-refractivity contribution in [3.8, 4) is 5.75 Å². The highest BCUT2D eigenvalue weighted by Gasteiger charge is 2.10. The number of amides is 1. The van der Waals surface area contributed by atoms with Gasteiger partial charge in [0.25, 0.3) is 0 Å². The molecule has 4 heteroatoms. The normalized spacial score (nSPS) is 10.0. The molecule has 1 N–H and O–H groups in total. The average molecular weight is 197 g/mol. The molecule has 1 amide bonds. The number of carbonyl (C=O) groups is 1. The zero-order chi connectivity index (χ0) is 10.6. The molecule has 0 aliphatic rings. The summed E-state index contributed by atoms with van der Waals surface area (Å²) < 4.78 is 18.5. The van der Waals surface area contributed by atoms with E-state index in [1.807, 2.05) is 0 Å². The molecule has 76 valence electrons. The summed E-state index contributed by atoms with van der Waals surface area (Å²) in [5.41, 5.74) is 0.341. The van der Waals surface area contributed by atoms with E-state index in [0.717, 1.165) is 0 Å². The van der Waals surface area contributed by atoms with Gasteiger partial charge in [0.05, 0.1) is 11.8 Å². The molecule has 0 fully saturated rings. The molecular weight excluding hydrogens is 185 g/mol. The van der Waals surface area contributed by atoms with Crippen LogP contribution in [0, 0.1) is 5.82 Å². The van der Waals surface area contributed by atoms with Gasteiger partial charge in [-0.1, -0.05) is 6.07 Å². The maximum Gasteiger partial charge on any atom is 0.211 e. The van der Waals surface area contributed by atoms with Crippen molar-refractivity contribution in [2.45, 2.75) is 20.0 Å². The van der Waals surface area contributed by atoms with Gasteiger partial charge in [0, 0.05) is 0 Å². The highest BCUT2D eigenvalue weighted by molar-refractivity contribution is 5.75. The number of halogens is 1. The van der Waals surface area contributed by atoms with Crippen LogP contribution in [0.4, 0.5) is 10.1 Å². The van der Waals surface area contributed by atoms with E-state index in [-0.39, 0.29) is 11.9 Å². The third-order valence-corrected chi connectivity index (χ3v) is 1.53. The van der Waals surface area contributed by atoms with E-state index in [4.69, 9.17) is 4.74 Å². The summed E-state index contributed by atoms with van der Waals surface area (Å²) in [7, 11) is 0. The predicted octanol–water partition coefficient (Wildman–Crippen LogP) is 2.18. The van der Waals surface area contributed by atoms with E-state index in [2.05, 4.69) is 5.32 Å². The number of benzene rings is 1. The first-order valence-corrected chi connectivity index (χ1v) is 4.30. The topological polar surface area (TPSA) is 38.3 Å². The van der Waals surface area contributed by atoms with E-state index in [1.54, 1.807) is 19.9 Å². The minimum Gasteiger partial charge on any atom is -0.486 e. The first-order valence-electron chi connectivity index (χ1n) is 4.30. The number of ether oxygens (including phenoxy) is 1. The molecule has 14 heavy (non-hydrogen) atoms. The molecule has 0 aliphatic carbocycles. The van der Waals surface area contributed by atoms with Crippen molar-refractivity contribution in [3.63, 3.8) is 0 Å². The lowest BCUT2D eigenvalue weighted by Crippen LogP contribution is -2.09. The van der Waals surface area contributed by atoms with Crippen LogP contribution in [0.3, 0.4) is 0 Å². The number of para-hydroxylation sites is 1. The van der Waals surface area contributed by atoms with E-state index < -0.39 is 5.82 Å². The summed E-state index contributed by atoms with van der Waals surface area (Å²) in [6.07, 6.45) is 0.348. The van der Waals surface area contributed by atoms with Crippen LogP contribution >= 0.6 is 0 Å². The van der Waals surface area contributed by atoms with Crippen molar-refractivity contribution in [2.24, 2.45) is 0 Å². The molecule has 0 radical (unpaired) electrons. The summed E-state index contributed by atoms with van der Waals surface area (Å²) in [5, 5.41) is 2.38. The SMILES string of the molecule is CC(C)Oc1c(F)cccc1NC=O. The van der Waals surface area contributed by atoms with Crippen molar-refractivity contribution < 1.29 is 13.9 Å². The summed E-state index contributed by atoms with van der Waals surface area (Å²) in [4.78, 5) is 10.2. The summed E-state index contributed by atoms with van der Waals surface area (Å²) in [6.45, 7) is 3.58. The van der Waals surface area contributed by atoms with Gasteiger partial charge in [-0.2, -0.15) is 0 Å². The second-order valence-electron chi connectivity index (χ2n) is 3.05. The summed E-state index contributed by atoms with van der Waals surface area (Å²) >= 11 is 0. The highest BCUT2D eigenvalue weighted by atomic mass is 19.1. The molecule has 0 bridgehead atoms. The van der Waals surface area contributed by atoms with Crippen LogP contribution in [0.1, 0.15) is 13.8 Å². The van der Waals surface area contributed by atoms with E-state index >= 15 is 0 Å². The molecular formula is C10H12FNO2. The van der Waals surface area contributed by atoms with Crippen LogP contribution in [0.15, 0.2) is 18.2 Å². The molecule has 0 aromatic heterocycles. The van der Waals surface area contributed by atoms with Crippen LogP contribution < -0.4 is 10.1 Å². The molecule has 1 rings (SSSR count). The first-order chi connectivity index (χ1) is 6.65. The van der Waals surface area contributed by atoms with Crippen LogP contribution in [0.2, 0.25) is 0 Å². The Morgan fingerprint density at radius 1 is 1.50 bits per heavy atom. The minimum absolute atomic E-state index is 0.0783. The Balaban J connectivity index is 3.01. The van der Waals surface area contributed by atoms with Crippen LogP contribution in [0.25, 0.3) is 0 Å². The molecule has 0 saturated carbocycles. The van der Waals surface area contributed by atoms with Gasteiger partial charge in [0.1, 0.15) is 0 Å². The number of anilines is 1. The zero-order valence-electron chi connectivity index (χ0n) is 8.08. The van der Waals surface area contributed by atoms with Gasteiger partial charge < -0.3 is 10.1 Å². The quantitative estimate of drug-likeness (QED) is 0.751. The van der Waals surface area contributed by atoms with Gasteiger partial charge >= 0.3 is 0 Å². The Hall–Kier alpha value is -1.58. The minimum atomic E-state index is -0.481. The van der Waals surface area contributed by atoms with E-state index in [1.165, 1.54) is 12.1 Å². The molecule has 0 spiro atoms. The smallest absolute Gasteiger partial charge is 0.211 e. The lowest BCUT2D eigenvalue weighted by Gasteiger charge is -2.13. The second-order valence-corrected chi connectivity index (χ2v) is 3.05. The van der Waals surface area contributed by atoms with Crippen LogP contribution in [-0.4, -0.2) is 12.5 Å². The summed E-state index contributed by atoms with van der Waals surface area (Å²) in [6, 6.07) is 4.37. The predicted molar refractivity (Wildman–Crippen MR) is 51.9 cm³/mol. The van der Waals surface area contributed by atoms with Gasteiger partial charge in [0.2, 0.25) is 6.41 Å². The van der Waals surface area contributed by atoms with Crippen molar-refractivity contribution in [1.82, 2.24) is 0 Å². The monoisotopic (exact) mass is 197 g/mol. The second kappa shape index (κ2) is 4.60. The average Bonchev–Trinajstić information content (AvgIpc) is 2.11. The van der Waals surface area contributed by atoms with Gasteiger partial charge in [-0.25, -0.2) is 4.39 Å². The Bertz CT molecular complexity index is 326. The number of nitrogens with one attached hydrogen (secondary N) is 1. The standard InChI is InChI=1S/C10H12FNO2/c1-7(2)14-10-8(11)4-3-5-9(10)12-6-13/h3-7H,1-2H3,(H,12,13). The van der Waals surface area contributed by atoms with Crippen LogP contribution in [-0.2, 0) is 4.79 Å². The molecule has 0 saturated heterocycles. The van der Waals surface area contributed by atoms with Crippen LogP contribution in [0.5, 0.6) is 5.75 Å². The Morgan fingerprint density at radius 2 is 2.21 bits per heavy atom. The van der Waals surface area contributed by atoms with Crippen molar-refractivity contribution >= 4 is 12.1 Å². The maximum absolute atomic E-state index is 13.3. The molecule has 0 aliphatic heterocycles. The lowest BCUT2D eigenvalue weighted by atomic mass is 10.2. The maximum atomic E-state index is 13.3. The molecule has 0 heterocycles. The molecule has 3 nitrogen and oxygen atoms in total. The van der Waals surface area contributed by atoms with E-state index in [9.17, 15) is 9.18 Å². The molecule has 0 unspecified atom stereocenters. The Kier molecular flexibility index (Phi) is 3.45. The number of hydrogen-bond donors (Lipinski definition) is 1. The number of carbonyl (C=O) groups excluding carboxylic acids is 1. The number of hydrogen-bond acceptors (Lipinski definition) is 2. The van der Waals surface area contributed by atoms with E-state index in [0.29, 0.717) is 12.1 Å². The molecule has 1 aromatic carbocycles. The third-order valence-electron chi connectivity index (χ3n) is 1.53. The largest absolute Gasteiger partial charge is 0.486 e. The third kappa shape index (κ3) is 2.45. The van der Waals surface area contributed by atoms with Crippen molar-refractivity contribution in [1.29, 1.82) is 0 Å². The zero-order valence-corrected chi connectivity index (χ0v) is 8.08. The lowest BCUT2D eigenvalue weighted by molar-refractivity contribution is -0.105. The number of rotatable bonds is 4. The molecule has 0 atom stereocenters. The fourth-order valence-electron chi connectivity index (χ4n) is 1.04. The Labute approximate surface area is 81.9 Å². The summed E-state index contributed by atoms with van der Waals surface area (Å²) in [5.74, 6) is -0.403. The van der Waals surface area contributed by atoms with Crippen molar-refractivity contribution in [2.75, 3.05) is 5.32 Å². The Morgan fingerprint density at radius 3 is 2.79 bits per heavy atom. The van der Waals surface area contributed by atoms with Crippen molar-refractivity contribution in [3.05, 3.63) is 24.0 Å². The van der Waals surface area contributed by atoms with Gasteiger partial charge in [-0.15, -0.1) is 0 Å². The molecule has 1 aromatic rings. The highest BCUT2D eigenvalue weighted by Crippen LogP contribution is 2.28. The first kappa shape index (κ1) is 10.5. The fourth-order valence-corrected chi connectivity index (χ4v) is 1.04. The fraction of sp³-hybridized carbons (Fsp3) is 0.300.